The van der Waals surface area contributed by atoms with E-state index in [1.54, 1.807) is 13.3 Å². The number of ether oxygens (including phenoxy) is 1. The Bertz CT molecular complexity index is 1100. The number of H-pyrrole nitrogens is 1. The van der Waals surface area contributed by atoms with E-state index in [1.807, 2.05) is 60.7 Å². The van der Waals surface area contributed by atoms with Crippen molar-refractivity contribution in [3.63, 3.8) is 0 Å². The SMILES string of the molecule is COc1cc(-c2cccnc2-c2ccccc2)ccc1-c1cc(=O)[nH]o1. The minimum atomic E-state index is -0.287. The third-order valence-electron chi connectivity index (χ3n) is 4.16. The number of benzene rings is 2. The number of methoxy groups -OCH3 is 1. The van der Waals surface area contributed by atoms with Crippen LogP contribution in [0.2, 0.25) is 0 Å². The van der Waals surface area contributed by atoms with Crippen LogP contribution < -0.4 is 10.3 Å². The molecule has 0 radical (unpaired) electrons. The summed E-state index contributed by atoms with van der Waals surface area (Å²) in [5.41, 5.74) is 4.33. The summed E-state index contributed by atoms with van der Waals surface area (Å²) >= 11 is 0. The summed E-state index contributed by atoms with van der Waals surface area (Å²) in [6, 6.07) is 21.1. The van der Waals surface area contributed by atoms with Crippen LogP contribution in [0.5, 0.6) is 5.75 Å². The van der Waals surface area contributed by atoms with Crippen LogP contribution in [0.1, 0.15) is 0 Å². The highest BCUT2D eigenvalue weighted by molar-refractivity contribution is 5.83. The van der Waals surface area contributed by atoms with E-state index in [9.17, 15) is 4.79 Å². The summed E-state index contributed by atoms with van der Waals surface area (Å²) in [4.78, 5) is 15.9. The molecular weight excluding hydrogens is 328 g/mol. The normalized spacial score (nSPS) is 10.7. The van der Waals surface area contributed by atoms with Gasteiger partial charge < -0.3 is 9.26 Å². The number of aromatic nitrogens is 2. The lowest BCUT2D eigenvalue weighted by Gasteiger charge is -2.12. The first-order valence-electron chi connectivity index (χ1n) is 8.14. The fourth-order valence-electron chi connectivity index (χ4n) is 2.94. The number of hydrogen-bond donors (Lipinski definition) is 1. The highest BCUT2D eigenvalue weighted by Crippen LogP contribution is 2.36. The van der Waals surface area contributed by atoms with E-state index in [1.165, 1.54) is 6.07 Å². The Kier molecular flexibility index (Phi) is 4.11. The highest BCUT2D eigenvalue weighted by Gasteiger charge is 2.14. The molecule has 4 aromatic rings. The van der Waals surface area contributed by atoms with E-state index in [0.29, 0.717) is 17.1 Å². The lowest BCUT2D eigenvalue weighted by molar-refractivity contribution is 0.404. The van der Waals surface area contributed by atoms with Crippen LogP contribution in [0.25, 0.3) is 33.7 Å². The van der Waals surface area contributed by atoms with Crippen molar-refractivity contribution in [3.8, 4) is 39.5 Å². The summed E-state index contributed by atoms with van der Waals surface area (Å²) in [5, 5.41) is 2.30. The molecule has 0 aliphatic heterocycles. The van der Waals surface area contributed by atoms with Gasteiger partial charge in [-0.3, -0.25) is 9.78 Å². The van der Waals surface area contributed by atoms with Crippen molar-refractivity contribution in [2.45, 2.75) is 0 Å². The summed E-state index contributed by atoms with van der Waals surface area (Å²) in [7, 11) is 1.59. The van der Waals surface area contributed by atoms with Crippen LogP contribution in [0.4, 0.5) is 0 Å². The first-order valence-corrected chi connectivity index (χ1v) is 8.14. The van der Waals surface area contributed by atoms with Crippen molar-refractivity contribution in [2.24, 2.45) is 0 Å². The average molecular weight is 344 g/mol. The zero-order chi connectivity index (χ0) is 17.9. The molecule has 2 aromatic heterocycles. The fraction of sp³-hybridized carbons (Fsp3) is 0.0476. The maximum absolute atomic E-state index is 11.4. The molecule has 128 valence electrons. The standard InChI is InChI=1S/C21H16N2O3/c1-25-18-12-15(9-10-17(18)19-13-20(24)23-26-19)16-8-5-11-22-21(16)14-6-3-2-4-7-14/h2-13H,1H3,(H,23,24). The predicted molar refractivity (Wildman–Crippen MR) is 100.0 cm³/mol. The van der Waals surface area contributed by atoms with Crippen LogP contribution in [0, 0.1) is 0 Å². The van der Waals surface area contributed by atoms with E-state index in [2.05, 4.69) is 10.1 Å². The maximum atomic E-state index is 11.4. The van der Waals surface area contributed by atoms with Gasteiger partial charge in [-0.05, 0) is 23.8 Å². The van der Waals surface area contributed by atoms with E-state index in [0.717, 1.165) is 22.4 Å². The van der Waals surface area contributed by atoms with Gasteiger partial charge in [-0.25, -0.2) is 0 Å². The fourth-order valence-corrected chi connectivity index (χ4v) is 2.94. The molecule has 2 aromatic carbocycles. The second-order valence-corrected chi connectivity index (χ2v) is 5.76. The summed E-state index contributed by atoms with van der Waals surface area (Å²) in [5.74, 6) is 1.06. The number of pyridine rings is 1. The van der Waals surface area contributed by atoms with E-state index < -0.39 is 0 Å². The largest absolute Gasteiger partial charge is 0.496 e. The van der Waals surface area contributed by atoms with Gasteiger partial charge in [0.2, 0.25) is 0 Å². The Labute approximate surface area is 149 Å². The molecule has 5 nitrogen and oxygen atoms in total. The minimum Gasteiger partial charge on any atom is -0.496 e. The monoisotopic (exact) mass is 344 g/mol. The smallest absolute Gasteiger partial charge is 0.280 e. The molecule has 0 bridgehead atoms. The number of aromatic amines is 1. The van der Waals surface area contributed by atoms with Gasteiger partial charge in [-0.1, -0.05) is 42.5 Å². The Morgan fingerprint density at radius 3 is 2.50 bits per heavy atom. The summed E-state index contributed by atoms with van der Waals surface area (Å²) < 4.78 is 10.7. The van der Waals surface area contributed by atoms with Gasteiger partial charge in [0.1, 0.15) is 5.75 Å². The lowest BCUT2D eigenvalue weighted by Crippen LogP contribution is -1.93. The first kappa shape index (κ1) is 15.9. The summed E-state index contributed by atoms with van der Waals surface area (Å²) in [6.45, 7) is 0. The topological polar surface area (TPSA) is 68.1 Å². The molecule has 5 heteroatoms. The molecular formula is C21H16N2O3. The van der Waals surface area contributed by atoms with Gasteiger partial charge in [0.15, 0.2) is 5.76 Å². The second-order valence-electron chi connectivity index (χ2n) is 5.76. The van der Waals surface area contributed by atoms with E-state index in [-0.39, 0.29) is 5.56 Å². The van der Waals surface area contributed by atoms with Crippen molar-refractivity contribution < 1.29 is 9.26 Å². The molecule has 0 spiro atoms. The van der Waals surface area contributed by atoms with Gasteiger partial charge in [-0.2, -0.15) is 5.16 Å². The Balaban J connectivity index is 1.84. The van der Waals surface area contributed by atoms with Crippen LogP contribution in [-0.2, 0) is 0 Å². The van der Waals surface area contributed by atoms with Crippen LogP contribution >= 0.6 is 0 Å². The molecule has 0 saturated heterocycles. The zero-order valence-electron chi connectivity index (χ0n) is 14.1. The zero-order valence-corrected chi connectivity index (χ0v) is 14.1. The molecule has 0 aliphatic carbocycles. The molecule has 0 atom stereocenters. The van der Waals surface area contributed by atoms with Crippen LogP contribution in [0.15, 0.2) is 82.2 Å². The Morgan fingerprint density at radius 2 is 1.77 bits per heavy atom. The number of nitrogens with one attached hydrogen (secondary N) is 1. The third-order valence-corrected chi connectivity index (χ3v) is 4.16. The first-order chi connectivity index (χ1) is 12.8. The van der Waals surface area contributed by atoms with E-state index in [4.69, 9.17) is 9.26 Å². The van der Waals surface area contributed by atoms with Crippen molar-refractivity contribution in [1.29, 1.82) is 0 Å². The average Bonchev–Trinajstić information content (AvgIpc) is 3.14. The molecule has 0 saturated carbocycles. The molecule has 0 aliphatic rings. The van der Waals surface area contributed by atoms with Crippen molar-refractivity contribution >= 4 is 0 Å². The number of nitrogens with zero attached hydrogens (tertiary/aromatic N) is 1. The van der Waals surface area contributed by atoms with Gasteiger partial charge in [0.05, 0.1) is 24.4 Å². The quantitative estimate of drug-likeness (QED) is 0.597. The van der Waals surface area contributed by atoms with Crippen molar-refractivity contribution in [3.05, 3.63) is 83.3 Å². The van der Waals surface area contributed by atoms with Gasteiger partial charge in [-0.15, -0.1) is 0 Å². The number of hydrogen-bond acceptors (Lipinski definition) is 4. The molecule has 0 amide bonds. The van der Waals surface area contributed by atoms with Gasteiger partial charge in [0, 0.05) is 17.3 Å². The molecule has 0 fully saturated rings. The van der Waals surface area contributed by atoms with Crippen molar-refractivity contribution in [1.82, 2.24) is 10.1 Å². The van der Waals surface area contributed by atoms with Crippen LogP contribution in [-0.4, -0.2) is 17.3 Å². The highest BCUT2D eigenvalue weighted by atomic mass is 16.5. The molecule has 4 rings (SSSR count). The molecule has 0 unspecified atom stereocenters. The number of rotatable bonds is 4. The van der Waals surface area contributed by atoms with E-state index >= 15 is 0 Å². The summed E-state index contributed by atoms with van der Waals surface area (Å²) in [6.07, 6.45) is 1.78. The molecule has 1 N–H and O–H groups in total. The Hall–Kier alpha value is -3.60. The second kappa shape index (κ2) is 6.72. The Morgan fingerprint density at radius 1 is 0.923 bits per heavy atom. The van der Waals surface area contributed by atoms with Gasteiger partial charge >= 0.3 is 0 Å². The molecule has 26 heavy (non-hydrogen) atoms. The lowest BCUT2D eigenvalue weighted by atomic mass is 9.97. The van der Waals surface area contributed by atoms with Gasteiger partial charge in [0.25, 0.3) is 5.56 Å². The third kappa shape index (κ3) is 2.91. The van der Waals surface area contributed by atoms with Crippen molar-refractivity contribution in [2.75, 3.05) is 7.11 Å². The van der Waals surface area contributed by atoms with Crippen LogP contribution in [0.3, 0.4) is 0 Å². The predicted octanol–water partition coefficient (Wildman–Crippen LogP) is 4.37. The molecule has 2 heterocycles. The maximum Gasteiger partial charge on any atom is 0.280 e. The minimum absolute atomic E-state index is 0.287.